The maximum Gasteiger partial charge on any atom is 0.305 e. The van der Waals surface area contributed by atoms with Crippen molar-refractivity contribution in [2.75, 3.05) is 20.3 Å². The van der Waals surface area contributed by atoms with Gasteiger partial charge in [-0.15, -0.1) is 0 Å². The Labute approximate surface area is 136 Å². The number of carbonyl (C=O) groups is 1. The fourth-order valence-corrected chi connectivity index (χ4v) is 1.57. The minimum atomic E-state index is -3.11. The van der Waals surface area contributed by atoms with Crippen LogP contribution in [-0.4, -0.2) is 43.5 Å². The summed E-state index contributed by atoms with van der Waals surface area (Å²) < 4.78 is 61.5. The van der Waals surface area contributed by atoms with Gasteiger partial charge >= 0.3 is 5.97 Å². The summed E-state index contributed by atoms with van der Waals surface area (Å²) in [6, 6.07) is 3.89. The zero-order valence-corrected chi connectivity index (χ0v) is 11.9. The standard InChI is InChI=1S/C16H25NO4/c1-12(2)17-10-14(18)11-21-15-7-4-13(5-8-15)6-9-16(19)20-3/h4-5,7-8,12,14,17-18H,6,9-11H2,1-3H3/i1D3,2D3,12D. The first-order chi connectivity index (χ1) is 12.8. The number of nitrogens with one attached hydrogen (secondary N) is 1. The summed E-state index contributed by atoms with van der Waals surface area (Å²) in [6.07, 6.45) is -0.466. The second-order valence-corrected chi connectivity index (χ2v) is 4.44. The molecule has 0 amide bonds. The van der Waals surface area contributed by atoms with Crippen molar-refractivity contribution in [3.63, 3.8) is 0 Å². The fourth-order valence-electron chi connectivity index (χ4n) is 1.57. The van der Waals surface area contributed by atoms with Gasteiger partial charge in [0.1, 0.15) is 18.5 Å². The van der Waals surface area contributed by atoms with Crippen LogP contribution in [0.3, 0.4) is 0 Å². The lowest BCUT2D eigenvalue weighted by Gasteiger charge is -2.15. The van der Waals surface area contributed by atoms with Crippen molar-refractivity contribution < 1.29 is 29.0 Å². The highest BCUT2D eigenvalue weighted by molar-refractivity contribution is 5.69. The summed E-state index contributed by atoms with van der Waals surface area (Å²) >= 11 is 0. The van der Waals surface area contributed by atoms with Crippen molar-refractivity contribution in [2.24, 2.45) is 0 Å². The van der Waals surface area contributed by atoms with Crippen molar-refractivity contribution in [3.8, 4) is 5.75 Å². The molecule has 0 aliphatic rings. The Bertz CT molecular complexity index is 617. The number of aryl methyl sites for hydroxylation is 1. The van der Waals surface area contributed by atoms with E-state index in [1.807, 2.05) is 0 Å². The number of aliphatic hydroxyl groups excluding tert-OH is 1. The van der Waals surface area contributed by atoms with Crippen LogP contribution in [-0.2, 0) is 16.0 Å². The van der Waals surface area contributed by atoms with Crippen molar-refractivity contribution in [3.05, 3.63) is 29.8 Å². The first kappa shape index (κ1) is 9.43. The molecule has 0 saturated heterocycles. The molecule has 118 valence electrons. The Hall–Kier alpha value is -1.59. The molecule has 0 bridgehead atoms. The van der Waals surface area contributed by atoms with Crippen LogP contribution in [0.15, 0.2) is 24.3 Å². The largest absolute Gasteiger partial charge is 0.491 e. The van der Waals surface area contributed by atoms with Gasteiger partial charge in [-0.1, -0.05) is 25.8 Å². The molecule has 0 spiro atoms. The molecule has 0 saturated carbocycles. The zero-order valence-electron chi connectivity index (χ0n) is 18.9. The predicted octanol–water partition coefficient (Wildman–Crippen LogP) is 1.53. The number of hydrogen-bond donors (Lipinski definition) is 2. The average molecular weight is 302 g/mol. The highest BCUT2D eigenvalue weighted by atomic mass is 16.5. The summed E-state index contributed by atoms with van der Waals surface area (Å²) in [5.41, 5.74) is 0.898. The third-order valence-electron chi connectivity index (χ3n) is 2.73. The predicted molar refractivity (Wildman–Crippen MR) is 81.4 cm³/mol. The third kappa shape index (κ3) is 7.68. The quantitative estimate of drug-likeness (QED) is 0.677. The molecule has 1 atom stereocenters. The molecule has 0 fully saturated rings. The van der Waals surface area contributed by atoms with Gasteiger partial charge < -0.3 is 19.9 Å². The molecule has 1 unspecified atom stereocenters. The number of ether oxygens (including phenoxy) is 2. The first-order valence-corrected chi connectivity index (χ1v) is 6.52. The number of rotatable bonds is 9. The molecule has 21 heavy (non-hydrogen) atoms. The maximum absolute atomic E-state index is 11.1. The molecular weight excluding hydrogens is 270 g/mol. The number of hydrogen-bond acceptors (Lipinski definition) is 5. The van der Waals surface area contributed by atoms with Crippen molar-refractivity contribution in [2.45, 2.75) is 38.7 Å². The van der Waals surface area contributed by atoms with Gasteiger partial charge in [-0.05, 0) is 24.1 Å². The highest BCUT2D eigenvalue weighted by Gasteiger charge is 2.06. The summed E-state index contributed by atoms with van der Waals surface area (Å²) in [5.74, 6) is 0.125. The van der Waals surface area contributed by atoms with E-state index in [1.165, 1.54) is 7.11 Å². The van der Waals surface area contributed by atoms with Crippen molar-refractivity contribution >= 4 is 5.97 Å². The second kappa shape index (κ2) is 9.37. The van der Waals surface area contributed by atoms with E-state index < -0.39 is 32.4 Å². The Morgan fingerprint density at radius 1 is 1.43 bits per heavy atom. The fraction of sp³-hybridized carbons (Fsp3) is 0.562. The molecule has 0 aliphatic carbocycles. The molecular formula is C16H25NO4. The van der Waals surface area contributed by atoms with E-state index in [1.54, 1.807) is 24.3 Å². The van der Waals surface area contributed by atoms with Gasteiger partial charge in [0.05, 0.1) is 7.11 Å². The zero-order chi connectivity index (χ0) is 21.6. The van der Waals surface area contributed by atoms with Gasteiger partial charge in [-0.3, -0.25) is 4.79 Å². The molecule has 0 aromatic heterocycles. The van der Waals surface area contributed by atoms with Crippen LogP contribution in [0.25, 0.3) is 0 Å². The minimum absolute atomic E-state index is 0.230. The van der Waals surface area contributed by atoms with E-state index in [-0.39, 0.29) is 19.0 Å². The SMILES string of the molecule is [2H]C([2H])([2H])C([2H])(NCC(O)COc1ccc(CCC(=O)OC)cc1)C([2H])([2H])[2H]. The van der Waals surface area contributed by atoms with Gasteiger partial charge in [0.15, 0.2) is 0 Å². The van der Waals surface area contributed by atoms with Crippen molar-refractivity contribution in [1.29, 1.82) is 0 Å². The van der Waals surface area contributed by atoms with Gasteiger partial charge in [0, 0.05) is 28.6 Å². The van der Waals surface area contributed by atoms with E-state index in [0.717, 1.165) is 5.56 Å². The molecule has 1 aromatic rings. The lowest BCUT2D eigenvalue weighted by Crippen LogP contribution is -2.35. The number of methoxy groups -OCH3 is 1. The van der Waals surface area contributed by atoms with Crippen LogP contribution in [0.1, 0.15) is 35.3 Å². The lowest BCUT2D eigenvalue weighted by molar-refractivity contribution is -0.140. The summed E-state index contributed by atoms with van der Waals surface area (Å²) in [7, 11) is 1.32. The summed E-state index contributed by atoms with van der Waals surface area (Å²) in [4.78, 5) is 11.1. The molecule has 2 N–H and O–H groups in total. The van der Waals surface area contributed by atoms with Crippen LogP contribution in [0.5, 0.6) is 5.75 Å². The van der Waals surface area contributed by atoms with Gasteiger partial charge in [0.25, 0.3) is 0 Å². The van der Waals surface area contributed by atoms with E-state index in [0.29, 0.717) is 12.2 Å². The highest BCUT2D eigenvalue weighted by Crippen LogP contribution is 2.13. The monoisotopic (exact) mass is 302 g/mol. The third-order valence-corrected chi connectivity index (χ3v) is 2.73. The van der Waals surface area contributed by atoms with E-state index >= 15 is 0 Å². The lowest BCUT2D eigenvalue weighted by atomic mass is 10.1. The second-order valence-electron chi connectivity index (χ2n) is 4.44. The van der Waals surface area contributed by atoms with E-state index in [9.17, 15) is 9.90 Å². The minimum Gasteiger partial charge on any atom is -0.491 e. The van der Waals surface area contributed by atoms with Crippen LogP contribution in [0.2, 0.25) is 0 Å². The van der Waals surface area contributed by atoms with Crippen LogP contribution in [0, 0.1) is 0 Å². The average Bonchev–Trinajstić information content (AvgIpc) is 2.61. The van der Waals surface area contributed by atoms with Crippen LogP contribution >= 0.6 is 0 Å². The normalized spacial score (nSPS) is 18.9. The molecule has 0 aliphatic heterocycles. The molecule has 1 rings (SSSR count). The first-order valence-electron chi connectivity index (χ1n) is 10.0. The molecule has 1 aromatic carbocycles. The van der Waals surface area contributed by atoms with Gasteiger partial charge in [0.2, 0.25) is 0 Å². The van der Waals surface area contributed by atoms with Crippen LogP contribution in [0.4, 0.5) is 0 Å². The topological polar surface area (TPSA) is 67.8 Å². The maximum atomic E-state index is 11.1. The Balaban J connectivity index is 2.54. The Morgan fingerprint density at radius 3 is 2.76 bits per heavy atom. The molecule has 5 heteroatoms. The number of aliphatic hydroxyl groups is 1. The van der Waals surface area contributed by atoms with E-state index in [2.05, 4.69) is 10.1 Å². The number of carbonyl (C=O) groups excluding carboxylic acids is 1. The van der Waals surface area contributed by atoms with Crippen LogP contribution < -0.4 is 10.1 Å². The smallest absolute Gasteiger partial charge is 0.305 e. The van der Waals surface area contributed by atoms with Gasteiger partial charge in [-0.2, -0.15) is 0 Å². The number of esters is 1. The summed E-state index contributed by atoms with van der Waals surface area (Å²) in [5, 5.41) is 12.1. The molecule has 0 radical (unpaired) electrons. The number of benzene rings is 1. The molecule has 5 nitrogen and oxygen atoms in total. The Kier molecular flexibility index (Phi) is 4.21. The Morgan fingerprint density at radius 2 is 2.14 bits per heavy atom. The summed E-state index contributed by atoms with van der Waals surface area (Å²) in [6.45, 7) is -6.90. The van der Waals surface area contributed by atoms with Gasteiger partial charge in [-0.25, -0.2) is 0 Å². The van der Waals surface area contributed by atoms with Crippen molar-refractivity contribution in [1.82, 2.24) is 5.32 Å². The molecule has 0 heterocycles. The van der Waals surface area contributed by atoms with E-state index in [4.69, 9.17) is 14.3 Å².